The molecule has 0 unspecified atom stereocenters. The fourth-order valence-electron chi connectivity index (χ4n) is 7.91. The Hall–Kier alpha value is -6.77. The summed E-state index contributed by atoms with van der Waals surface area (Å²) < 4.78 is 2.21. The second-order valence-electron chi connectivity index (χ2n) is 13.9. The predicted molar refractivity (Wildman–Crippen MR) is 254 cm³/mol. The van der Waals surface area contributed by atoms with Gasteiger partial charge >= 0.3 is 0 Å². The van der Waals surface area contributed by atoms with Crippen molar-refractivity contribution in [2.75, 3.05) is 0 Å². The van der Waals surface area contributed by atoms with Crippen molar-refractivity contribution in [3.05, 3.63) is 219 Å². The van der Waals surface area contributed by atoms with Gasteiger partial charge in [-0.2, -0.15) is 0 Å². The first kappa shape index (κ1) is 40.9. The number of hydrogen-bond acceptors (Lipinski definition) is 1. The summed E-state index contributed by atoms with van der Waals surface area (Å²) in [6.07, 6.45) is 20.5. The summed E-state index contributed by atoms with van der Waals surface area (Å²) in [5.41, 5.74) is 15.0. The molecule has 1 aliphatic rings. The first-order valence-electron chi connectivity index (χ1n) is 20.1. The monoisotopic (exact) mass is 754 g/mol. The van der Waals surface area contributed by atoms with Gasteiger partial charge in [0.05, 0.1) is 5.69 Å². The molecule has 0 amide bonds. The molecule has 0 aliphatic heterocycles. The predicted octanol–water partition coefficient (Wildman–Crippen LogP) is 16.0. The van der Waals surface area contributed by atoms with Gasteiger partial charge in [0.2, 0.25) is 0 Å². The molecular weight excluding hydrogens is 701 g/mol. The topological polar surface area (TPSA) is 17.8 Å². The number of imidazole rings is 1. The molecule has 288 valence electrons. The smallest absolute Gasteiger partial charge is 0.144 e. The van der Waals surface area contributed by atoms with Crippen LogP contribution >= 0.6 is 0 Å². The van der Waals surface area contributed by atoms with Crippen LogP contribution in [-0.2, 0) is 6.42 Å². The molecule has 6 aromatic carbocycles. The number of para-hydroxylation sites is 1. The van der Waals surface area contributed by atoms with Crippen molar-refractivity contribution in [3.63, 3.8) is 0 Å². The quantitative estimate of drug-likeness (QED) is 0.0897. The zero-order valence-corrected chi connectivity index (χ0v) is 33.2. The molecule has 1 aliphatic carbocycles. The van der Waals surface area contributed by atoms with Crippen LogP contribution in [0.4, 0.5) is 0 Å². The molecule has 0 N–H and O–H groups in total. The molecule has 2 heteroatoms. The van der Waals surface area contributed by atoms with Crippen LogP contribution in [0.5, 0.6) is 0 Å². The summed E-state index contributed by atoms with van der Waals surface area (Å²) in [6, 6.07) is 47.9. The Bertz CT molecular complexity index is 2620. The number of fused-ring (bicyclic) bond motifs is 1. The highest BCUT2D eigenvalue weighted by Gasteiger charge is 2.25. The lowest BCUT2D eigenvalue weighted by molar-refractivity contribution is 0.960. The first-order chi connectivity index (χ1) is 28.2. The number of aryl methyl sites for hydroxylation is 1. The molecule has 2 nitrogen and oxygen atoms in total. The maximum Gasteiger partial charge on any atom is 0.144 e. The Morgan fingerprint density at radius 3 is 1.95 bits per heavy atom. The first-order valence-corrected chi connectivity index (χ1v) is 20.1. The minimum absolute atomic E-state index is 0. The lowest BCUT2D eigenvalue weighted by Crippen LogP contribution is -2.03. The number of benzene rings is 6. The zero-order valence-electron chi connectivity index (χ0n) is 33.2. The van der Waals surface area contributed by atoms with E-state index in [9.17, 15) is 0 Å². The van der Waals surface area contributed by atoms with Crippen LogP contribution < -0.4 is 0 Å². The molecule has 0 bridgehead atoms. The fourth-order valence-corrected chi connectivity index (χ4v) is 7.91. The van der Waals surface area contributed by atoms with Gasteiger partial charge in [-0.1, -0.05) is 186 Å². The molecule has 0 saturated heterocycles. The Morgan fingerprint density at radius 1 is 0.672 bits per heavy atom. The second-order valence-corrected chi connectivity index (χ2v) is 13.9. The van der Waals surface area contributed by atoms with Crippen molar-refractivity contribution in [2.45, 2.75) is 47.0 Å². The van der Waals surface area contributed by atoms with Gasteiger partial charge in [0.1, 0.15) is 5.82 Å². The van der Waals surface area contributed by atoms with Gasteiger partial charge in [0.25, 0.3) is 0 Å². The Labute approximate surface area is 346 Å². The maximum atomic E-state index is 5.17. The van der Waals surface area contributed by atoms with Crippen molar-refractivity contribution in [2.24, 2.45) is 0 Å². The molecule has 0 atom stereocenters. The van der Waals surface area contributed by atoms with E-state index >= 15 is 0 Å². The van der Waals surface area contributed by atoms with E-state index in [0.717, 1.165) is 76.3 Å². The fraction of sp³-hybridized carbons (Fsp3) is 0.125. The van der Waals surface area contributed by atoms with E-state index in [2.05, 4.69) is 188 Å². The lowest BCUT2D eigenvalue weighted by Gasteiger charge is -2.26. The molecular formula is C56H54N2. The third-order valence-electron chi connectivity index (χ3n) is 10.4. The van der Waals surface area contributed by atoms with Crippen LogP contribution in [0.2, 0.25) is 0 Å². The van der Waals surface area contributed by atoms with Crippen LogP contribution in [0, 0.1) is 0 Å². The van der Waals surface area contributed by atoms with Crippen LogP contribution in [0.1, 0.15) is 57.4 Å². The number of aromatic nitrogens is 2. The summed E-state index contributed by atoms with van der Waals surface area (Å²) in [7, 11) is 0. The standard InChI is InChI=1S/C53H44N2.C2H6.CH4/c1-4-7-30-45-37-55(46-31-18-11-19-32-46)53(54-45)44-29-20-28-42(35-44)43-33-34-47-48(36-43)50(40-24-14-9-15-25-40)51(38(6-3)21-5-2)52(41-26-16-10-17-27-41)49(47)39-22-12-8-13-23-39;1-2;/h4-6,8-12,14-22,24-29,31-37H,1-3,7,13,23,30H2;1-2H3;1H4/b38-21+;;. The van der Waals surface area contributed by atoms with E-state index < -0.39 is 0 Å². The van der Waals surface area contributed by atoms with Crippen LogP contribution in [0.25, 0.3) is 72.4 Å². The highest BCUT2D eigenvalue weighted by Crippen LogP contribution is 2.49. The Balaban J connectivity index is 0.00000186. The lowest BCUT2D eigenvalue weighted by atomic mass is 9.77. The van der Waals surface area contributed by atoms with Gasteiger partial charge in [-0.3, -0.25) is 4.57 Å². The van der Waals surface area contributed by atoms with Crippen LogP contribution in [0.3, 0.4) is 0 Å². The van der Waals surface area contributed by atoms with E-state index in [-0.39, 0.29) is 7.43 Å². The van der Waals surface area contributed by atoms with Crippen molar-refractivity contribution >= 4 is 21.9 Å². The summed E-state index contributed by atoms with van der Waals surface area (Å²) in [5, 5.41) is 2.43. The molecule has 0 saturated carbocycles. The van der Waals surface area contributed by atoms with E-state index in [1.807, 2.05) is 32.1 Å². The van der Waals surface area contributed by atoms with E-state index in [1.54, 1.807) is 0 Å². The van der Waals surface area contributed by atoms with Gasteiger partial charge < -0.3 is 0 Å². The average Bonchev–Trinajstić information content (AvgIpc) is 3.73. The molecule has 0 fully saturated rings. The van der Waals surface area contributed by atoms with Crippen LogP contribution in [0.15, 0.2) is 202 Å². The molecule has 7 aromatic rings. The Morgan fingerprint density at radius 2 is 1.31 bits per heavy atom. The molecule has 8 rings (SSSR count). The molecule has 0 radical (unpaired) electrons. The minimum atomic E-state index is 0. The van der Waals surface area contributed by atoms with Gasteiger partial charge in [-0.15, -0.1) is 6.58 Å². The van der Waals surface area contributed by atoms with Crippen molar-refractivity contribution in [1.29, 1.82) is 0 Å². The highest BCUT2D eigenvalue weighted by atomic mass is 15.1. The molecule has 58 heavy (non-hydrogen) atoms. The van der Waals surface area contributed by atoms with E-state index in [4.69, 9.17) is 4.98 Å². The number of allylic oxidation sites excluding steroid dienone is 9. The minimum Gasteiger partial charge on any atom is -0.300 e. The summed E-state index contributed by atoms with van der Waals surface area (Å²) in [6.45, 7) is 16.4. The van der Waals surface area contributed by atoms with Gasteiger partial charge in [0, 0.05) is 17.4 Å². The Kier molecular flexibility index (Phi) is 13.7. The average molecular weight is 755 g/mol. The number of hydrogen-bond donors (Lipinski definition) is 0. The maximum absolute atomic E-state index is 5.17. The number of rotatable bonds is 12. The third-order valence-corrected chi connectivity index (χ3v) is 10.4. The SMILES string of the molecule is C.C=C/C=C(\C=C)c1c(-c2ccccc2)c(C2=CC=CCC2)c2ccc(-c3cccc(-c4nc(CCC=C)cn4-c4ccccc4)c3)cc2c1-c1ccccc1.CC. The van der Waals surface area contributed by atoms with E-state index in [1.165, 1.54) is 38.6 Å². The second kappa shape index (κ2) is 19.4. The number of nitrogens with zero attached hydrogens (tertiary/aromatic N) is 2. The molecule has 0 spiro atoms. The molecule has 1 heterocycles. The van der Waals surface area contributed by atoms with Gasteiger partial charge in [0.15, 0.2) is 0 Å². The summed E-state index contributed by atoms with van der Waals surface area (Å²) >= 11 is 0. The van der Waals surface area contributed by atoms with Crippen molar-refractivity contribution < 1.29 is 0 Å². The van der Waals surface area contributed by atoms with Gasteiger partial charge in [-0.25, -0.2) is 4.98 Å². The zero-order chi connectivity index (χ0) is 39.6. The molecule has 1 aromatic heterocycles. The third kappa shape index (κ3) is 8.33. The van der Waals surface area contributed by atoms with Crippen LogP contribution in [-0.4, -0.2) is 9.55 Å². The normalized spacial score (nSPS) is 12.2. The highest BCUT2D eigenvalue weighted by molar-refractivity contribution is 6.15. The van der Waals surface area contributed by atoms with Crippen molar-refractivity contribution in [1.82, 2.24) is 9.55 Å². The largest absolute Gasteiger partial charge is 0.300 e. The van der Waals surface area contributed by atoms with Gasteiger partial charge in [-0.05, 0) is 116 Å². The summed E-state index contributed by atoms with van der Waals surface area (Å²) in [4.78, 5) is 5.17. The van der Waals surface area contributed by atoms with Crippen molar-refractivity contribution in [3.8, 4) is 50.5 Å². The summed E-state index contributed by atoms with van der Waals surface area (Å²) in [5.74, 6) is 0.928. The van der Waals surface area contributed by atoms with E-state index in [0.29, 0.717) is 0 Å².